The van der Waals surface area contributed by atoms with Crippen LogP contribution >= 0.6 is 0 Å². The molecule has 2 rings (SSSR count). The van der Waals surface area contributed by atoms with Crippen molar-refractivity contribution in [2.45, 2.75) is 0 Å². The van der Waals surface area contributed by atoms with Gasteiger partial charge in [0.05, 0.1) is 5.56 Å². The van der Waals surface area contributed by atoms with Gasteiger partial charge in [-0.3, -0.25) is 5.10 Å². The predicted molar refractivity (Wildman–Crippen MR) is 37.4 cm³/mol. The fraction of sp³-hybridized carbons (Fsp3) is 0. The highest BCUT2D eigenvalue weighted by Crippen LogP contribution is 2.07. The number of aromatic nitrogens is 5. The van der Waals surface area contributed by atoms with Crippen LogP contribution in [0.5, 0.6) is 0 Å². The van der Waals surface area contributed by atoms with Gasteiger partial charge in [-0.15, -0.1) is 0 Å². The molecule has 0 fully saturated rings. The molecule has 0 saturated carbocycles. The third-order valence-corrected chi connectivity index (χ3v) is 1.23. The second kappa shape index (κ2) is 2.45. The van der Waals surface area contributed by atoms with Crippen molar-refractivity contribution >= 4 is 0 Å². The molecule has 54 valence electrons. The van der Waals surface area contributed by atoms with E-state index in [0.29, 0.717) is 5.82 Å². The summed E-state index contributed by atoms with van der Waals surface area (Å²) < 4.78 is 0. The van der Waals surface area contributed by atoms with Gasteiger partial charge < -0.3 is 0 Å². The highest BCUT2D eigenvalue weighted by atomic mass is 15.2. The van der Waals surface area contributed by atoms with Gasteiger partial charge in [-0.2, -0.15) is 5.10 Å². The van der Waals surface area contributed by atoms with Crippen molar-refractivity contribution in [3.05, 3.63) is 25.0 Å². The van der Waals surface area contributed by atoms with Gasteiger partial charge in [-0.1, -0.05) is 0 Å². The minimum absolute atomic E-state index is 0.616. The monoisotopic (exact) mass is 147 g/mol. The number of rotatable bonds is 1. The normalized spacial score (nSPS) is 9.82. The molecule has 0 unspecified atom stereocenters. The summed E-state index contributed by atoms with van der Waals surface area (Å²) in [6.45, 7) is 0. The Hall–Kier alpha value is -1.78. The molecule has 0 atom stereocenters. The molecule has 5 heteroatoms. The summed E-state index contributed by atoms with van der Waals surface area (Å²) >= 11 is 0. The maximum Gasteiger partial charge on any atom is 0.183 e. The Morgan fingerprint density at radius 1 is 1.18 bits per heavy atom. The average molecular weight is 147 g/mol. The lowest BCUT2D eigenvalue weighted by Crippen LogP contribution is -1.83. The van der Waals surface area contributed by atoms with E-state index in [1.807, 2.05) is 0 Å². The minimum atomic E-state index is 0.616. The first kappa shape index (κ1) is 5.96. The molecule has 5 nitrogen and oxygen atoms in total. The lowest BCUT2D eigenvalue weighted by atomic mass is 10.3. The first-order valence-corrected chi connectivity index (χ1v) is 3.08. The zero-order valence-electron chi connectivity index (χ0n) is 5.60. The van der Waals surface area contributed by atoms with Gasteiger partial charge >= 0.3 is 0 Å². The van der Waals surface area contributed by atoms with Crippen LogP contribution in [0.25, 0.3) is 11.4 Å². The van der Waals surface area contributed by atoms with Crippen molar-refractivity contribution in [3.8, 4) is 11.4 Å². The van der Waals surface area contributed by atoms with E-state index < -0.39 is 0 Å². The SMILES string of the molecule is c1ncc(-c2nc[nH]n2)cn1. The summed E-state index contributed by atoms with van der Waals surface area (Å²) in [4.78, 5) is 11.6. The van der Waals surface area contributed by atoms with Crippen LogP contribution in [-0.4, -0.2) is 25.1 Å². The van der Waals surface area contributed by atoms with E-state index in [9.17, 15) is 0 Å². The van der Waals surface area contributed by atoms with E-state index in [2.05, 4.69) is 25.1 Å². The second-order valence-electron chi connectivity index (χ2n) is 1.95. The lowest BCUT2D eigenvalue weighted by Gasteiger charge is -1.88. The average Bonchev–Trinajstić information content (AvgIpc) is 2.58. The number of aromatic amines is 1. The minimum Gasteiger partial charge on any atom is -0.265 e. The van der Waals surface area contributed by atoms with Gasteiger partial charge in [0.1, 0.15) is 12.7 Å². The van der Waals surface area contributed by atoms with Gasteiger partial charge in [0.15, 0.2) is 5.82 Å². The van der Waals surface area contributed by atoms with Crippen molar-refractivity contribution in [1.82, 2.24) is 25.1 Å². The Balaban J connectivity index is 2.46. The van der Waals surface area contributed by atoms with Crippen LogP contribution in [0.2, 0.25) is 0 Å². The molecule has 1 N–H and O–H groups in total. The Kier molecular flexibility index (Phi) is 1.33. The highest BCUT2D eigenvalue weighted by Gasteiger charge is 1.98. The van der Waals surface area contributed by atoms with Crippen molar-refractivity contribution in [1.29, 1.82) is 0 Å². The van der Waals surface area contributed by atoms with Crippen LogP contribution in [-0.2, 0) is 0 Å². The fourth-order valence-corrected chi connectivity index (χ4v) is 0.763. The van der Waals surface area contributed by atoms with E-state index in [4.69, 9.17) is 0 Å². The quantitative estimate of drug-likeness (QED) is 0.628. The number of hydrogen-bond acceptors (Lipinski definition) is 4. The molecule has 0 aromatic carbocycles. The molecule has 0 spiro atoms. The summed E-state index contributed by atoms with van der Waals surface area (Å²) in [5.41, 5.74) is 0.814. The number of nitrogens with zero attached hydrogens (tertiary/aromatic N) is 4. The van der Waals surface area contributed by atoms with Crippen molar-refractivity contribution < 1.29 is 0 Å². The first-order valence-electron chi connectivity index (χ1n) is 3.08. The maximum atomic E-state index is 3.94. The smallest absolute Gasteiger partial charge is 0.183 e. The summed E-state index contributed by atoms with van der Waals surface area (Å²) in [5.74, 6) is 0.616. The number of hydrogen-bond donors (Lipinski definition) is 1. The first-order chi connectivity index (χ1) is 5.47. The zero-order valence-corrected chi connectivity index (χ0v) is 5.60. The van der Waals surface area contributed by atoms with Crippen LogP contribution < -0.4 is 0 Å². The Labute approximate surface area is 62.5 Å². The van der Waals surface area contributed by atoms with E-state index >= 15 is 0 Å². The summed E-state index contributed by atoms with van der Waals surface area (Å²) in [7, 11) is 0. The largest absolute Gasteiger partial charge is 0.265 e. The van der Waals surface area contributed by atoms with Crippen molar-refractivity contribution in [3.63, 3.8) is 0 Å². The zero-order chi connectivity index (χ0) is 7.52. The Morgan fingerprint density at radius 2 is 2.00 bits per heavy atom. The molecule has 0 saturated heterocycles. The van der Waals surface area contributed by atoms with Gasteiger partial charge in [0.2, 0.25) is 0 Å². The summed E-state index contributed by atoms with van der Waals surface area (Å²) in [6.07, 6.45) is 6.31. The molecule has 0 radical (unpaired) electrons. The lowest BCUT2D eigenvalue weighted by molar-refractivity contribution is 1.08. The van der Waals surface area contributed by atoms with Gasteiger partial charge in [-0.25, -0.2) is 15.0 Å². The van der Waals surface area contributed by atoms with E-state index in [0.717, 1.165) is 5.56 Å². The Morgan fingerprint density at radius 3 is 2.64 bits per heavy atom. The third kappa shape index (κ3) is 1.07. The molecular weight excluding hydrogens is 142 g/mol. The maximum absolute atomic E-state index is 3.94. The number of nitrogens with one attached hydrogen (secondary N) is 1. The molecule has 2 aromatic rings. The van der Waals surface area contributed by atoms with Crippen LogP contribution in [0.1, 0.15) is 0 Å². The van der Waals surface area contributed by atoms with Crippen molar-refractivity contribution in [2.24, 2.45) is 0 Å². The molecule has 0 aliphatic carbocycles. The number of H-pyrrole nitrogens is 1. The van der Waals surface area contributed by atoms with E-state index in [1.54, 1.807) is 12.4 Å². The molecule has 2 aromatic heterocycles. The van der Waals surface area contributed by atoms with Crippen molar-refractivity contribution in [2.75, 3.05) is 0 Å². The summed E-state index contributed by atoms with van der Waals surface area (Å²) in [6, 6.07) is 0. The van der Waals surface area contributed by atoms with Gasteiger partial charge in [0, 0.05) is 12.4 Å². The molecular formula is C6H5N5. The van der Waals surface area contributed by atoms with Crippen LogP contribution in [0, 0.1) is 0 Å². The van der Waals surface area contributed by atoms with E-state index in [1.165, 1.54) is 12.7 Å². The molecule has 0 bridgehead atoms. The highest BCUT2D eigenvalue weighted by molar-refractivity contribution is 5.50. The molecule has 11 heavy (non-hydrogen) atoms. The molecule has 0 amide bonds. The fourth-order valence-electron chi connectivity index (χ4n) is 0.763. The molecule has 2 heterocycles. The second-order valence-corrected chi connectivity index (χ2v) is 1.95. The topological polar surface area (TPSA) is 67.3 Å². The van der Waals surface area contributed by atoms with Crippen LogP contribution in [0.3, 0.4) is 0 Å². The van der Waals surface area contributed by atoms with Gasteiger partial charge in [0.25, 0.3) is 0 Å². The summed E-state index contributed by atoms with van der Waals surface area (Å²) in [5, 5.41) is 6.48. The molecule has 0 aliphatic rings. The third-order valence-electron chi connectivity index (χ3n) is 1.23. The van der Waals surface area contributed by atoms with Gasteiger partial charge in [-0.05, 0) is 0 Å². The Bertz CT molecular complexity index is 314. The standard InChI is InChI=1S/C6H5N5/c1-5(2-8-3-7-1)6-9-4-10-11-6/h1-4H,(H,9,10,11). The predicted octanol–water partition coefficient (Wildman–Crippen LogP) is 0.262. The molecule has 0 aliphatic heterocycles. The van der Waals surface area contributed by atoms with E-state index in [-0.39, 0.29) is 0 Å². The van der Waals surface area contributed by atoms with Crippen LogP contribution in [0.4, 0.5) is 0 Å². The van der Waals surface area contributed by atoms with Crippen LogP contribution in [0.15, 0.2) is 25.0 Å².